The van der Waals surface area contributed by atoms with E-state index in [1.54, 1.807) is 30.3 Å². The van der Waals surface area contributed by atoms with Gasteiger partial charge in [0.15, 0.2) is 5.41 Å². The van der Waals surface area contributed by atoms with Gasteiger partial charge in [-0.2, -0.15) is 0 Å². The molecule has 1 aromatic carbocycles. The van der Waals surface area contributed by atoms with E-state index in [4.69, 9.17) is 0 Å². The van der Waals surface area contributed by atoms with Crippen molar-refractivity contribution in [3.05, 3.63) is 35.9 Å². The zero-order valence-corrected chi connectivity index (χ0v) is 13.3. The van der Waals surface area contributed by atoms with Crippen LogP contribution in [-0.4, -0.2) is 73.5 Å². The minimum atomic E-state index is -1.83. The van der Waals surface area contributed by atoms with E-state index >= 15 is 0 Å². The summed E-state index contributed by atoms with van der Waals surface area (Å²) in [5, 5.41) is 19.1. The molecule has 0 fully saturated rings. The minimum absolute atomic E-state index is 0. The van der Waals surface area contributed by atoms with Crippen LogP contribution in [-0.2, 0) is 15.0 Å². The van der Waals surface area contributed by atoms with Crippen molar-refractivity contribution >= 4 is 63.3 Å². The first-order valence-corrected chi connectivity index (χ1v) is 8.08. The van der Waals surface area contributed by atoms with E-state index in [1.807, 2.05) is 0 Å². The van der Waals surface area contributed by atoms with Crippen molar-refractivity contribution in [2.75, 3.05) is 0 Å². The molecule has 0 spiro atoms. The molecule has 0 aliphatic carbocycles. The van der Waals surface area contributed by atoms with Crippen LogP contribution in [0, 0.1) is 0 Å². The zero-order chi connectivity index (χ0) is 16.4. The SMILES string of the molecule is CCCCCCCCCC(C(=O)O)(C(=O)O)c1ccccc1.[KH]. The summed E-state index contributed by atoms with van der Waals surface area (Å²) in [6.07, 6.45) is 7.38. The Hall–Kier alpha value is -0.204. The summed E-state index contributed by atoms with van der Waals surface area (Å²) in [6, 6.07) is 8.29. The Labute approximate surface area is 181 Å². The summed E-state index contributed by atoms with van der Waals surface area (Å²) in [4.78, 5) is 23.4. The Kier molecular flexibility index (Phi) is 12.1. The first-order chi connectivity index (χ1) is 10.6. The molecule has 0 bridgehead atoms. The zero-order valence-electron chi connectivity index (χ0n) is 13.3. The molecule has 2 N–H and O–H groups in total. The molecule has 5 heteroatoms. The Balaban J connectivity index is 0.00000484. The van der Waals surface area contributed by atoms with Crippen molar-refractivity contribution in [3.63, 3.8) is 0 Å². The summed E-state index contributed by atoms with van der Waals surface area (Å²) in [5.74, 6) is -2.56. The van der Waals surface area contributed by atoms with Crippen molar-refractivity contribution in [2.24, 2.45) is 0 Å². The molecule has 4 nitrogen and oxygen atoms in total. The van der Waals surface area contributed by atoms with Crippen LogP contribution >= 0.6 is 0 Å². The molecule has 0 aromatic heterocycles. The summed E-state index contributed by atoms with van der Waals surface area (Å²) < 4.78 is 0. The average Bonchev–Trinajstić information content (AvgIpc) is 2.50. The Bertz CT molecular complexity index is 459. The fourth-order valence-corrected chi connectivity index (χ4v) is 2.77. The van der Waals surface area contributed by atoms with Crippen LogP contribution in [0.3, 0.4) is 0 Å². The first kappa shape index (κ1) is 22.8. The summed E-state index contributed by atoms with van der Waals surface area (Å²) in [5.41, 5.74) is -1.48. The molecular weight excluding hydrogens is 319 g/mol. The fraction of sp³-hybridized carbons (Fsp3) is 0.556. The topological polar surface area (TPSA) is 74.6 Å². The molecule has 0 aliphatic rings. The average molecular weight is 347 g/mol. The second-order valence-electron chi connectivity index (χ2n) is 5.75. The molecule has 1 rings (SSSR count). The number of rotatable bonds is 11. The van der Waals surface area contributed by atoms with Crippen LogP contribution in [0.15, 0.2) is 30.3 Å². The van der Waals surface area contributed by atoms with Gasteiger partial charge in [-0.1, -0.05) is 82.2 Å². The summed E-state index contributed by atoms with van der Waals surface area (Å²) in [7, 11) is 0. The van der Waals surface area contributed by atoms with Crippen LogP contribution in [0.25, 0.3) is 0 Å². The molecule has 0 unspecified atom stereocenters. The van der Waals surface area contributed by atoms with Crippen LogP contribution in [0.5, 0.6) is 0 Å². The van der Waals surface area contributed by atoms with Gasteiger partial charge in [-0.3, -0.25) is 9.59 Å². The number of carboxylic acid groups (broad SMARTS) is 2. The number of unbranched alkanes of at least 4 members (excludes halogenated alkanes) is 6. The maximum atomic E-state index is 11.7. The molecule has 0 radical (unpaired) electrons. The quantitative estimate of drug-likeness (QED) is 0.365. The molecule has 0 aliphatic heterocycles. The number of hydrogen-bond acceptors (Lipinski definition) is 2. The van der Waals surface area contributed by atoms with Gasteiger partial charge in [-0.25, -0.2) is 0 Å². The molecule has 0 amide bonds. The molecule has 124 valence electrons. The normalized spacial score (nSPS) is 10.8. The number of hydrogen-bond donors (Lipinski definition) is 2. The van der Waals surface area contributed by atoms with Gasteiger partial charge in [0, 0.05) is 0 Å². The third kappa shape index (κ3) is 6.67. The van der Waals surface area contributed by atoms with Crippen LogP contribution < -0.4 is 0 Å². The van der Waals surface area contributed by atoms with Gasteiger partial charge < -0.3 is 10.2 Å². The van der Waals surface area contributed by atoms with E-state index in [9.17, 15) is 19.8 Å². The monoisotopic (exact) mass is 346 g/mol. The van der Waals surface area contributed by atoms with Crippen LogP contribution in [0.2, 0.25) is 0 Å². The van der Waals surface area contributed by atoms with E-state index in [0.29, 0.717) is 12.0 Å². The van der Waals surface area contributed by atoms with Gasteiger partial charge in [0.05, 0.1) is 0 Å². The molecule has 23 heavy (non-hydrogen) atoms. The molecule has 0 saturated carbocycles. The third-order valence-corrected chi connectivity index (χ3v) is 4.15. The predicted octanol–water partition coefficient (Wildman–Crippen LogP) is 3.59. The molecule has 0 saturated heterocycles. The van der Waals surface area contributed by atoms with Crippen molar-refractivity contribution in [1.82, 2.24) is 0 Å². The second-order valence-corrected chi connectivity index (χ2v) is 5.75. The summed E-state index contributed by atoms with van der Waals surface area (Å²) >= 11 is 0. The Morgan fingerprint density at radius 1 is 0.870 bits per heavy atom. The van der Waals surface area contributed by atoms with E-state index in [2.05, 4.69) is 6.92 Å². The van der Waals surface area contributed by atoms with Crippen molar-refractivity contribution < 1.29 is 19.8 Å². The predicted molar refractivity (Wildman–Crippen MR) is 93.2 cm³/mol. The number of carbonyl (C=O) groups is 2. The Morgan fingerprint density at radius 3 is 1.83 bits per heavy atom. The van der Waals surface area contributed by atoms with Crippen molar-refractivity contribution in [1.29, 1.82) is 0 Å². The van der Waals surface area contributed by atoms with Crippen LogP contribution in [0.1, 0.15) is 63.9 Å². The molecule has 0 heterocycles. The van der Waals surface area contributed by atoms with Crippen LogP contribution in [0.4, 0.5) is 0 Å². The fourth-order valence-electron chi connectivity index (χ4n) is 2.77. The van der Waals surface area contributed by atoms with E-state index < -0.39 is 17.4 Å². The number of benzene rings is 1. The van der Waals surface area contributed by atoms with Gasteiger partial charge in [-0.15, -0.1) is 0 Å². The molecule has 1 aromatic rings. The van der Waals surface area contributed by atoms with Gasteiger partial charge >= 0.3 is 63.3 Å². The van der Waals surface area contributed by atoms with Gasteiger partial charge in [0.1, 0.15) is 0 Å². The second kappa shape index (κ2) is 12.2. The standard InChI is InChI=1S/C18H26O4.K.H/c1-2-3-4-5-6-7-11-14-18(16(19)20,17(21)22)15-12-9-8-10-13-15;;/h8-10,12-13H,2-7,11,14H2,1H3,(H,19,20)(H,21,22);;. The Morgan fingerprint density at radius 2 is 1.35 bits per heavy atom. The van der Waals surface area contributed by atoms with Crippen molar-refractivity contribution in [3.8, 4) is 0 Å². The van der Waals surface area contributed by atoms with Gasteiger partial charge in [0.2, 0.25) is 0 Å². The van der Waals surface area contributed by atoms with Gasteiger partial charge in [-0.05, 0) is 12.0 Å². The van der Waals surface area contributed by atoms with E-state index in [-0.39, 0.29) is 57.8 Å². The van der Waals surface area contributed by atoms with E-state index in [0.717, 1.165) is 19.3 Å². The summed E-state index contributed by atoms with van der Waals surface area (Å²) in [6.45, 7) is 2.16. The van der Waals surface area contributed by atoms with Crippen molar-refractivity contribution in [2.45, 2.75) is 63.7 Å². The maximum absolute atomic E-state index is 11.7. The molecular formula is C18H27KO4. The first-order valence-electron chi connectivity index (χ1n) is 8.08. The van der Waals surface area contributed by atoms with E-state index in [1.165, 1.54) is 19.3 Å². The third-order valence-electron chi connectivity index (χ3n) is 4.15. The number of carboxylic acids is 2. The molecule has 0 atom stereocenters. The number of aliphatic carboxylic acids is 2. The van der Waals surface area contributed by atoms with Gasteiger partial charge in [0.25, 0.3) is 0 Å².